The van der Waals surface area contributed by atoms with E-state index in [9.17, 15) is 4.79 Å². The molecule has 1 aliphatic rings. The number of thiazole rings is 1. The van der Waals surface area contributed by atoms with Crippen molar-refractivity contribution in [2.24, 2.45) is 0 Å². The zero-order valence-corrected chi connectivity index (χ0v) is 17.5. The van der Waals surface area contributed by atoms with Crippen LogP contribution < -0.4 is 9.47 Å². The SMILES string of the molecule is CCOc1ccccc1OCCCC(=O)N1CCC[C@H]1c1nc2ccccc2s1. The maximum atomic E-state index is 12.8. The number of hydrogen-bond donors (Lipinski definition) is 0. The van der Waals surface area contributed by atoms with Crippen LogP contribution in [0.2, 0.25) is 0 Å². The number of hydrogen-bond acceptors (Lipinski definition) is 5. The first-order valence-corrected chi connectivity index (χ1v) is 11.1. The molecule has 0 spiro atoms. The van der Waals surface area contributed by atoms with Crippen LogP contribution in [-0.4, -0.2) is 35.5 Å². The van der Waals surface area contributed by atoms with Gasteiger partial charge < -0.3 is 14.4 Å². The van der Waals surface area contributed by atoms with Crippen molar-refractivity contribution in [3.05, 3.63) is 53.5 Å². The van der Waals surface area contributed by atoms with E-state index in [0.29, 0.717) is 26.1 Å². The van der Waals surface area contributed by atoms with E-state index in [0.717, 1.165) is 41.4 Å². The summed E-state index contributed by atoms with van der Waals surface area (Å²) in [6.07, 6.45) is 3.19. The average molecular weight is 411 g/mol. The van der Waals surface area contributed by atoms with Crippen LogP contribution in [0.5, 0.6) is 11.5 Å². The first-order chi connectivity index (χ1) is 14.3. The van der Waals surface area contributed by atoms with Gasteiger partial charge >= 0.3 is 0 Å². The summed E-state index contributed by atoms with van der Waals surface area (Å²) in [4.78, 5) is 19.6. The highest BCUT2D eigenvalue weighted by Gasteiger charge is 2.31. The number of aromatic nitrogens is 1. The molecule has 1 fully saturated rings. The lowest BCUT2D eigenvalue weighted by molar-refractivity contribution is -0.132. The first-order valence-electron chi connectivity index (χ1n) is 10.3. The lowest BCUT2D eigenvalue weighted by atomic mass is 10.2. The summed E-state index contributed by atoms with van der Waals surface area (Å²) in [6.45, 7) is 3.86. The van der Waals surface area contributed by atoms with Crippen LogP contribution in [-0.2, 0) is 4.79 Å². The second-order valence-corrected chi connectivity index (χ2v) is 8.16. The lowest BCUT2D eigenvalue weighted by Gasteiger charge is -2.23. The third kappa shape index (κ3) is 4.53. The van der Waals surface area contributed by atoms with Gasteiger partial charge in [0.05, 0.1) is 29.5 Å². The Hall–Kier alpha value is -2.60. The largest absolute Gasteiger partial charge is 0.490 e. The number of amides is 1. The van der Waals surface area contributed by atoms with Crippen LogP contribution >= 0.6 is 11.3 Å². The summed E-state index contributed by atoms with van der Waals surface area (Å²) < 4.78 is 12.6. The summed E-state index contributed by atoms with van der Waals surface area (Å²) in [6, 6.07) is 15.9. The third-order valence-electron chi connectivity index (χ3n) is 5.11. The van der Waals surface area contributed by atoms with Crippen molar-refractivity contribution in [2.75, 3.05) is 19.8 Å². The van der Waals surface area contributed by atoms with Gasteiger partial charge in [-0.1, -0.05) is 24.3 Å². The van der Waals surface area contributed by atoms with Gasteiger partial charge in [-0.2, -0.15) is 0 Å². The molecule has 0 N–H and O–H groups in total. The molecular weight excluding hydrogens is 384 g/mol. The van der Waals surface area contributed by atoms with E-state index in [1.54, 1.807) is 11.3 Å². The van der Waals surface area contributed by atoms with Crippen molar-refractivity contribution in [1.82, 2.24) is 9.88 Å². The van der Waals surface area contributed by atoms with Crippen molar-refractivity contribution in [2.45, 2.75) is 38.6 Å². The van der Waals surface area contributed by atoms with E-state index in [2.05, 4.69) is 6.07 Å². The molecule has 0 saturated carbocycles. The van der Waals surface area contributed by atoms with Crippen LogP contribution in [0, 0.1) is 0 Å². The van der Waals surface area contributed by atoms with E-state index in [4.69, 9.17) is 14.5 Å². The fourth-order valence-electron chi connectivity index (χ4n) is 3.75. The van der Waals surface area contributed by atoms with E-state index < -0.39 is 0 Å². The fourth-order valence-corrected chi connectivity index (χ4v) is 4.86. The van der Waals surface area contributed by atoms with Crippen molar-refractivity contribution in [1.29, 1.82) is 0 Å². The van der Waals surface area contributed by atoms with Gasteiger partial charge in [0.1, 0.15) is 5.01 Å². The second kappa shape index (κ2) is 9.27. The van der Waals surface area contributed by atoms with E-state index in [-0.39, 0.29) is 11.9 Å². The van der Waals surface area contributed by atoms with Crippen LogP contribution in [0.3, 0.4) is 0 Å². The number of para-hydroxylation sites is 3. The summed E-state index contributed by atoms with van der Waals surface area (Å²) in [5, 5.41) is 1.05. The molecule has 1 atom stereocenters. The summed E-state index contributed by atoms with van der Waals surface area (Å²) in [7, 11) is 0. The van der Waals surface area contributed by atoms with Crippen molar-refractivity contribution in [3.8, 4) is 11.5 Å². The monoisotopic (exact) mass is 410 g/mol. The van der Waals surface area contributed by atoms with Crippen molar-refractivity contribution in [3.63, 3.8) is 0 Å². The number of ether oxygens (including phenoxy) is 2. The molecule has 1 aliphatic heterocycles. The highest BCUT2D eigenvalue weighted by Crippen LogP contribution is 2.36. The zero-order chi connectivity index (χ0) is 20.1. The molecular formula is C23H26N2O3S. The number of rotatable bonds is 8. The molecule has 0 radical (unpaired) electrons. The number of benzene rings is 2. The van der Waals surface area contributed by atoms with Gasteiger partial charge in [-0.15, -0.1) is 11.3 Å². The summed E-state index contributed by atoms with van der Waals surface area (Å²) in [5.41, 5.74) is 1.02. The minimum Gasteiger partial charge on any atom is -0.490 e. The molecule has 4 rings (SSSR count). The van der Waals surface area contributed by atoms with Gasteiger partial charge in [-0.25, -0.2) is 4.98 Å². The third-order valence-corrected chi connectivity index (χ3v) is 6.25. The average Bonchev–Trinajstić information content (AvgIpc) is 3.39. The molecule has 2 aromatic carbocycles. The fraction of sp³-hybridized carbons (Fsp3) is 0.391. The highest BCUT2D eigenvalue weighted by molar-refractivity contribution is 7.18. The maximum Gasteiger partial charge on any atom is 0.223 e. The van der Waals surface area contributed by atoms with Crippen molar-refractivity contribution >= 4 is 27.5 Å². The Morgan fingerprint density at radius 3 is 2.69 bits per heavy atom. The summed E-state index contributed by atoms with van der Waals surface area (Å²) >= 11 is 1.70. The predicted molar refractivity (Wildman–Crippen MR) is 116 cm³/mol. The van der Waals surface area contributed by atoms with E-state index in [1.807, 2.05) is 54.3 Å². The topological polar surface area (TPSA) is 51.7 Å². The Labute approximate surface area is 175 Å². The molecule has 5 nitrogen and oxygen atoms in total. The Morgan fingerprint density at radius 1 is 1.14 bits per heavy atom. The predicted octanol–water partition coefficient (Wildman–Crippen LogP) is 5.22. The molecule has 0 bridgehead atoms. The van der Waals surface area contributed by atoms with Crippen LogP contribution in [0.1, 0.15) is 43.7 Å². The minimum absolute atomic E-state index is 0.111. The van der Waals surface area contributed by atoms with Crippen molar-refractivity contribution < 1.29 is 14.3 Å². The standard InChI is InChI=1S/C23H26N2O3S/c1-2-27-19-11-4-5-12-20(19)28-16-8-14-22(26)25-15-7-10-18(25)23-24-17-9-3-6-13-21(17)29-23/h3-6,9,11-13,18H,2,7-8,10,14-16H2,1H3/t18-/m0/s1. The number of nitrogens with zero attached hydrogens (tertiary/aromatic N) is 2. The Kier molecular flexibility index (Phi) is 6.30. The molecule has 29 heavy (non-hydrogen) atoms. The first kappa shape index (κ1) is 19.7. The van der Waals surface area contributed by atoms with Gasteiger partial charge in [0.15, 0.2) is 11.5 Å². The molecule has 3 aromatic rings. The van der Waals surface area contributed by atoms with Gasteiger partial charge in [-0.3, -0.25) is 4.79 Å². The Balaban J connectivity index is 1.32. The van der Waals surface area contributed by atoms with E-state index in [1.165, 1.54) is 4.70 Å². The van der Waals surface area contributed by atoms with Crippen LogP contribution in [0.15, 0.2) is 48.5 Å². The second-order valence-electron chi connectivity index (χ2n) is 7.10. The van der Waals surface area contributed by atoms with Gasteiger partial charge in [0.25, 0.3) is 0 Å². The molecule has 0 aliphatic carbocycles. The van der Waals surface area contributed by atoms with Gasteiger partial charge in [0.2, 0.25) is 5.91 Å². The number of likely N-dealkylation sites (tertiary alicyclic amines) is 1. The smallest absolute Gasteiger partial charge is 0.223 e. The molecule has 1 aromatic heterocycles. The molecule has 1 saturated heterocycles. The highest BCUT2D eigenvalue weighted by atomic mass is 32.1. The number of carbonyl (C=O) groups excluding carboxylic acids is 1. The maximum absolute atomic E-state index is 12.8. The van der Waals surface area contributed by atoms with Gasteiger partial charge in [-0.05, 0) is 50.5 Å². The molecule has 2 heterocycles. The normalized spacial score (nSPS) is 16.3. The Morgan fingerprint density at radius 2 is 1.90 bits per heavy atom. The van der Waals surface area contributed by atoms with Gasteiger partial charge in [0, 0.05) is 13.0 Å². The quantitative estimate of drug-likeness (QED) is 0.478. The Bertz CT molecular complexity index is 938. The molecule has 152 valence electrons. The van der Waals surface area contributed by atoms with Crippen LogP contribution in [0.25, 0.3) is 10.2 Å². The summed E-state index contributed by atoms with van der Waals surface area (Å²) in [5.74, 6) is 1.67. The van der Waals surface area contributed by atoms with Crippen LogP contribution in [0.4, 0.5) is 0 Å². The van der Waals surface area contributed by atoms with E-state index >= 15 is 0 Å². The zero-order valence-electron chi connectivity index (χ0n) is 16.7. The minimum atomic E-state index is 0.111. The molecule has 0 unspecified atom stereocenters. The number of fused-ring (bicyclic) bond motifs is 1. The number of carbonyl (C=O) groups is 1. The lowest BCUT2D eigenvalue weighted by Crippen LogP contribution is -2.30. The molecule has 6 heteroatoms. The molecule has 1 amide bonds.